The zero-order chi connectivity index (χ0) is 25.6. The number of anilines is 1. The van der Waals surface area contributed by atoms with Crippen LogP contribution in [-0.2, 0) is 10.2 Å². The highest BCUT2D eigenvalue weighted by Crippen LogP contribution is 2.41. The van der Waals surface area contributed by atoms with Gasteiger partial charge in [-0.25, -0.2) is 9.67 Å². The number of carbonyl (C=O) groups excluding carboxylic acids is 1. The van der Waals surface area contributed by atoms with Crippen molar-refractivity contribution in [3.05, 3.63) is 75.9 Å². The maximum Gasteiger partial charge on any atom is 0.234 e. The van der Waals surface area contributed by atoms with Gasteiger partial charge >= 0.3 is 0 Å². The minimum Gasteiger partial charge on any atom is -0.368 e. The quantitative estimate of drug-likeness (QED) is 0.413. The maximum atomic E-state index is 14.1. The lowest BCUT2D eigenvalue weighted by Crippen LogP contribution is -2.53. The van der Waals surface area contributed by atoms with E-state index in [-0.39, 0.29) is 17.4 Å². The Balaban J connectivity index is 1.49. The summed E-state index contributed by atoms with van der Waals surface area (Å²) in [5, 5.41) is 5.89. The van der Waals surface area contributed by atoms with Crippen LogP contribution in [0.1, 0.15) is 45.0 Å². The zero-order valence-electron chi connectivity index (χ0n) is 21.1. The number of halogens is 2. The summed E-state index contributed by atoms with van der Waals surface area (Å²) in [7, 11) is 0. The standard InChI is InChI=1S/C28H31Cl2N5O/c1-18-25(27(36)34-14-12-33(13-15-34)20-8-6-5-7-9-20)26(19-10-11-21(29)22(30)16-19)35-24(31-18)17-23(32-35)28(2,3)4/h5-11,16-17,25-26H,12-15H2,1-4H3. The van der Waals surface area contributed by atoms with Crippen LogP contribution in [0.5, 0.6) is 0 Å². The molecule has 1 saturated heterocycles. The summed E-state index contributed by atoms with van der Waals surface area (Å²) in [6, 6.07) is 17.6. The highest BCUT2D eigenvalue weighted by Gasteiger charge is 2.41. The van der Waals surface area contributed by atoms with Crippen LogP contribution in [0.4, 0.5) is 11.5 Å². The van der Waals surface area contributed by atoms with Crippen molar-refractivity contribution in [2.75, 3.05) is 31.1 Å². The van der Waals surface area contributed by atoms with Crippen LogP contribution in [0.25, 0.3) is 0 Å². The second-order valence-corrected chi connectivity index (χ2v) is 11.4. The number of hydrogen-bond donors (Lipinski definition) is 0. The molecular formula is C28H31Cl2N5O. The fraction of sp³-hybridized carbons (Fsp3) is 0.393. The molecule has 1 amide bonds. The molecule has 2 atom stereocenters. The normalized spacial score (nSPS) is 20.2. The number of carbonyl (C=O) groups is 1. The van der Waals surface area contributed by atoms with Crippen molar-refractivity contribution < 1.29 is 4.79 Å². The van der Waals surface area contributed by atoms with Gasteiger partial charge in [0.05, 0.1) is 21.8 Å². The largest absolute Gasteiger partial charge is 0.368 e. The molecule has 0 radical (unpaired) electrons. The van der Waals surface area contributed by atoms with Gasteiger partial charge in [0.15, 0.2) is 5.82 Å². The first-order valence-electron chi connectivity index (χ1n) is 12.3. The van der Waals surface area contributed by atoms with Crippen molar-refractivity contribution >= 4 is 46.3 Å². The number of aliphatic imine (C=N–C) groups is 1. The highest BCUT2D eigenvalue weighted by molar-refractivity contribution is 6.42. The van der Waals surface area contributed by atoms with Crippen LogP contribution in [0.3, 0.4) is 0 Å². The molecule has 1 aromatic heterocycles. The van der Waals surface area contributed by atoms with E-state index < -0.39 is 5.92 Å². The van der Waals surface area contributed by atoms with Gasteiger partial charge in [-0.15, -0.1) is 0 Å². The molecule has 0 N–H and O–H groups in total. The Hall–Kier alpha value is -2.83. The van der Waals surface area contributed by atoms with Crippen LogP contribution in [-0.4, -0.2) is 52.5 Å². The summed E-state index contributed by atoms with van der Waals surface area (Å²) in [5.74, 6) is 0.343. The van der Waals surface area contributed by atoms with Crippen molar-refractivity contribution in [3.8, 4) is 0 Å². The Labute approximate surface area is 222 Å². The third kappa shape index (κ3) is 4.64. The number of nitrogens with zero attached hydrogens (tertiary/aromatic N) is 5. The van der Waals surface area contributed by atoms with E-state index in [1.807, 2.05) is 52.9 Å². The van der Waals surface area contributed by atoms with Gasteiger partial charge in [0, 0.05) is 49.1 Å². The SMILES string of the molecule is CC1=Nc2cc(C(C)(C)C)nn2C(c2ccc(Cl)c(Cl)c2)C1C(=O)N1CCN(c2ccccc2)CC1. The monoisotopic (exact) mass is 523 g/mol. The van der Waals surface area contributed by atoms with E-state index in [1.54, 1.807) is 6.07 Å². The second-order valence-electron chi connectivity index (χ2n) is 10.6. The molecule has 1 fully saturated rings. The number of aromatic nitrogens is 2. The molecule has 2 aliphatic rings. The number of fused-ring (bicyclic) bond motifs is 1. The van der Waals surface area contributed by atoms with Gasteiger partial charge in [-0.05, 0) is 36.8 Å². The Kier molecular flexibility index (Phi) is 6.60. The fourth-order valence-corrected chi connectivity index (χ4v) is 5.33. The van der Waals surface area contributed by atoms with E-state index >= 15 is 0 Å². The number of amides is 1. The first kappa shape index (κ1) is 24.8. The molecule has 3 heterocycles. The molecule has 6 nitrogen and oxygen atoms in total. The third-order valence-corrected chi connectivity index (χ3v) is 7.81. The Bertz CT molecular complexity index is 1300. The van der Waals surface area contributed by atoms with E-state index in [9.17, 15) is 4.79 Å². The summed E-state index contributed by atoms with van der Waals surface area (Å²) in [6.07, 6.45) is 0. The first-order chi connectivity index (χ1) is 17.1. The third-order valence-electron chi connectivity index (χ3n) is 7.07. The Morgan fingerprint density at radius 1 is 0.944 bits per heavy atom. The predicted molar refractivity (Wildman–Crippen MR) is 147 cm³/mol. The highest BCUT2D eigenvalue weighted by atomic mass is 35.5. The van der Waals surface area contributed by atoms with Gasteiger partial charge in [0.25, 0.3) is 0 Å². The minimum absolute atomic E-state index is 0.0680. The summed E-state index contributed by atoms with van der Waals surface area (Å²) in [6.45, 7) is 11.2. The molecule has 8 heteroatoms. The van der Waals surface area contributed by atoms with Crippen molar-refractivity contribution in [1.29, 1.82) is 0 Å². The number of benzene rings is 2. The number of para-hydroxylation sites is 1. The van der Waals surface area contributed by atoms with Crippen molar-refractivity contribution in [1.82, 2.24) is 14.7 Å². The maximum absolute atomic E-state index is 14.1. The van der Waals surface area contributed by atoms with E-state index in [0.29, 0.717) is 23.1 Å². The average Bonchev–Trinajstić information content (AvgIpc) is 3.29. The lowest BCUT2D eigenvalue weighted by Gasteiger charge is -2.40. The summed E-state index contributed by atoms with van der Waals surface area (Å²) in [5.41, 5.74) is 3.65. The van der Waals surface area contributed by atoms with E-state index in [1.165, 1.54) is 5.69 Å². The van der Waals surface area contributed by atoms with Gasteiger partial charge in [0.1, 0.15) is 5.92 Å². The Morgan fingerprint density at radius 2 is 1.64 bits per heavy atom. The van der Waals surface area contributed by atoms with Crippen molar-refractivity contribution in [2.45, 2.75) is 39.2 Å². The topological polar surface area (TPSA) is 53.7 Å². The predicted octanol–water partition coefficient (Wildman–Crippen LogP) is 6.15. The van der Waals surface area contributed by atoms with Gasteiger partial charge in [-0.1, -0.05) is 68.2 Å². The lowest BCUT2D eigenvalue weighted by atomic mass is 9.87. The van der Waals surface area contributed by atoms with Crippen LogP contribution in [0.2, 0.25) is 10.0 Å². The number of rotatable bonds is 3. The van der Waals surface area contributed by atoms with Gasteiger partial charge in [0.2, 0.25) is 5.91 Å². The molecule has 0 bridgehead atoms. The summed E-state index contributed by atoms with van der Waals surface area (Å²) < 4.78 is 1.90. The molecule has 0 aliphatic carbocycles. The molecule has 2 unspecified atom stereocenters. The van der Waals surface area contributed by atoms with Crippen LogP contribution >= 0.6 is 23.2 Å². The molecule has 36 heavy (non-hydrogen) atoms. The molecule has 3 aromatic rings. The van der Waals surface area contributed by atoms with Crippen LogP contribution < -0.4 is 4.90 Å². The summed E-state index contributed by atoms with van der Waals surface area (Å²) in [4.78, 5) is 23.2. The van der Waals surface area contributed by atoms with E-state index in [4.69, 9.17) is 33.3 Å². The fourth-order valence-electron chi connectivity index (χ4n) is 5.02. The first-order valence-corrected chi connectivity index (χ1v) is 13.1. The van der Waals surface area contributed by atoms with Gasteiger partial charge < -0.3 is 9.80 Å². The minimum atomic E-state index is -0.481. The number of hydrogen-bond acceptors (Lipinski definition) is 4. The van der Waals surface area contributed by atoms with E-state index in [2.05, 4.69) is 37.8 Å². The molecule has 2 aliphatic heterocycles. The van der Waals surface area contributed by atoms with Crippen LogP contribution in [0, 0.1) is 5.92 Å². The molecule has 0 saturated carbocycles. The van der Waals surface area contributed by atoms with Crippen molar-refractivity contribution in [3.63, 3.8) is 0 Å². The smallest absolute Gasteiger partial charge is 0.234 e. The van der Waals surface area contributed by atoms with Crippen molar-refractivity contribution in [2.24, 2.45) is 10.9 Å². The molecule has 2 aromatic carbocycles. The average molecular weight is 524 g/mol. The van der Waals surface area contributed by atoms with Gasteiger partial charge in [-0.3, -0.25) is 4.79 Å². The number of piperazine rings is 1. The van der Waals surface area contributed by atoms with E-state index in [0.717, 1.165) is 35.9 Å². The summed E-state index contributed by atoms with van der Waals surface area (Å²) >= 11 is 12.7. The Morgan fingerprint density at radius 3 is 2.28 bits per heavy atom. The molecule has 0 spiro atoms. The molecule has 5 rings (SSSR count). The molecular weight excluding hydrogens is 493 g/mol. The molecule has 188 valence electrons. The lowest BCUT2D eigenvalue weighted by molar-refractivity contribution is -0.134. The second kappa shape index (κ2) is 9.56. The zero-order valence-corrected chi connectivity index (χ0v) is 22.6. The van der Waals surface area contributed by atoms with Gasteiger partial charge in [-0.2, -0.15) is 5.10 Å². The van der Waals surface area contributed by atoms with Crippen LogP contribution in [0.15, 0.2) is 59.6 Å².